The van der Waals surface area contributed by atoms with Crippen LogP contribution in [0.5, 0.6) is 0 Å². The number of rotatable bonds is 2. The van der Waals surface area contributed by atoms with Crippen LogP contribution in [0, 0.1) is 0 Å². The number of amides is 2. The van der Waals surface area contributed by atoms with Crippen molar-refractivity contribution in [3.8, 4) is 0 Å². The van der Waals surface area contributed by atoms with E-state index in [4.69, 9.17) is 0 Å². The monoisotopic (exact) mass is 294 g/mol. The van der Waals surface area contributed by atoms with Crippen LogP contribution in [-0.2, 0) is 0 Å². The fraction of sp³-hybridized carbons (Fsp3) is 0.938. The number of urea groups is 1. The highest BCUT2D eigenvalue weighted by atomic mass is 16.2. The van der Waals surface area contributed by atoms with Gasteiger partial charge in [-0.05, 0) is 51.6 Å². The molecule has 2 unspecified atom stereocenters. The highest BCUT2D eigenvalue weighted by Gasteiger charge is 2.38. The van der Waals surface area contributed by atoms with Crippen LogP contribution < -0.4 is 5.32 Å². The van der Waals surface area contributed by atoms with E-state index in [2.05, 4.69) is 10.2 Å². The SMILES string of the molecule is CN(C)C(=O)N1CCC(N2CCCC2C2CCCN2)CC1. The van der Waals surface area contributed by atoms with Gasteiger partial charge in [0.1, 0.15) is 0 Å². The average molecular weight is 294 g/mol. The fourth-order valence-electron chi connectivity index (χ4n) is 4.41. The van der Waals surface area contributed by atoms with Crippen molar-refractivity contribution >= 4 is 6.03 Å². The van der Waals surface area contributed by atoms with Gasteiger partial charge in [0.2, 0.25) is 0 Å². The second-order valence-corrected chi connectivity index (χ2v) is 7.05. The van der Waals surface area contributed by atoms with E-state index in [9.17, 15) is 4.79 Å². The summed E-state index contributed by atoms with van der Waals surface area (Å²) in [5, 5.41) is 3.70. The first-order valence-electron chi connectivity index (χ1n) is 8.62. The number of nitrogens with zero attached hydrogens (tertiary/aromatic N) is 3. The number of nitrogens with one attached hydrogen (secondary N) is 1. The summed E-state index contributed by atoms with van der Waals surface area (Å²) in [6.45, 7) is 4.30. The van der Waals surface area contributed by atoms with Crippen molar-refractivity contribution in [2.75, 3.05) is 40.3 Å². The van der Waals surface area contributed by atoms with E-state index < -0.39 is 0 Å². The van der Waals surface area contributed by atoms with E-state index in [1.807, 2.05) is 19.0 Å². The van der Waals surface area contributed by atoms with Crippen LogP contribution in [0.2, 0.25) is 0 Å². The maximum Gasteiger partial charge on any atom is 0.319 e. The zero-order chi connectivity index (χ0) is 14.8. The van der Waals surface area contributed by atoms with Crippen LogP contribution in [0.1, 0.15) is 38.5 Å². The van der Waals surface area contributed by atoms with E-state index >= 15 is 0 Å². The van der Waals surface area contributed by atoms with Crippen molar-refractivity contribution in [2.24, 2.45) is 0 Å². The Hall–Kier alpha value is -0.810. The molecule has 3 fully saturated rings. The highest BCUT2D eigenvalue weighted by molar-refractivity contribution is 5.73. The van der Waals surface area contributed by atoms with Crippen molar-refractivity contribution < 1.29 is 4.79 Å². The molecule has 3 aliphatic rings. The van der Waals surface area contributed by atoms with Gasteiger partial charge in [-0.1, -0.05) is 0 Å². The minimum absolute atomic E-state index is 0.170. The van der Waals surface area contributed by atoms with Gasteiger partial charge in [-0.25, -0.2) is 4.79 Å². The smallest absolute Gasteiger partial charge is 0.319 e. The molecule has 0 aromatic carbocycles. The molecule has 3 saturated heterocycles. The third kappa shape index (κ3) is 3.19. The number of hydrogen-bond donors (Lipinski definition) is 1. The lowest BCUT2D eigenvalue weighted by Crippen LogP contribution is -2.53. The molecule has 5 heteroatoms. The summed E-state index contributed by atoms with van der Waals surface area (Å²) in [6.07, 6.45) is 7.67. The Balaban J connectivity index is 1.55. The second kappa shape index (κ2) is 6.53. The normalized spacial score (nSPS) is 31.8. The average Bonchev–Trinajstić information content (AvgIpc) is 3.17. The number of likely N-dealkylation sites (tertiary alicyclic amines) is 2. The van der Waals surface area contributed by atoms with Gasteiger partial charge in [-0.15, -0.1) is 0 Å². The summed E-state index contributed by atoms with van der Waals surface area (Å²) < 4.78 is 0. The first-order chi connectivity index (χ1) is 10.2. The number of hydrogen-bond acceptors (Lipinski definition) is 3. The lowest BCUT2D eigenvalue weighted by molar-refractivity contribution is 0.0892. The van der Waals surface area contributed by atoms with Gasteiger partial charge in [0.05, 0.1) is 0 Å². The van der Waals surface area contributed by atoms with Gasteiger partial charge in [-0.3, -0.25) is 4.90 Å². The quantitative estimate of drug-likeness (QED) is 0.835. The Morgan fingerprint density at radius 2 is 1.81 bits per heavy atom. The topological polar surface area (TPSA) is 38.8 Å². The van der Waals surface area contributed by atoms with Gasteiger partial charge in [0.15, 0.2) is 0 Å². The minimum Gasteiger partial charge on any atom is -0.331 e. The molecule has 3 aliphatic heterocycles. The molecule has 2 atom stereocenters. The Morgan fingerprint density at radius 3 is 2.43 bits per heavy atom. The maximum absolute atomic E-state index is 12.0. The van der Waals surface area contributed by atoms with Crippen LogP contribution in [-0.4, -0.2) is 79.1 Å². The van der Waals surface area contributed by atoms with Gasteiger partial charge < -0.3 is 15.1 Å². The molecule has 1 N–H and O–H groups in total. The summed E-state index contributed by atoms with van der Waals surface area (Å²) >= 11 is 0. The van der Waals surface area contributed by atoms with Crippen molar-refractivity contribution in [3.63, 3.8) is 0 Å². The predicted octanol–water partition coefficient (Wildman–Crippen LogP) is 1.35. The van der Waals surface area contributed by atoms with Crippen LogP contribution in [0.25, 0.3) is 0 Å². The third-order valence-electron chi connectivity index (χ3n) is 5.49. The molecule has 0 aromatic heterocycles. The fourth-order valence-corrected chi connectivity index (χ4v) is 4.41. The largest absolute Gasteiger partial charge is 0.331 e. The molecule has 5 nitrogen and oxygen atoms in total. The van der Waals surface area contributed by atoms with E-state index in [-0.39, 0.29) is 6.03 Å². The number of piperidine rings is 1. The first kappa shape index (κ1) is 15.1. The molecule has 0 radical (unpaired) electrons. The molecule has 2 amide bonds. The number of carbonyl (C=O) groups is 1. The zero-order valence-corrected chi connectivity index (χ0v) is 13.6. The summed E-state index contributed by atoms with van der Waals surface area (Å²) in [6, 6.07) is 2.32. The van der Waals surface area contributed by atoms with Crippen molar-refractivity contribution in [1.29, 1.82) is 0 Å². The zero-order valence-electron chi connectivity index (χ0n) is 13.6. The summed E-state index contributed by atoms with van der Waals surface area (Å²) in [7, 11) is 3.69. The molecule has 0 spiro atoms. The molecule has 21 heavy (non-hydrogen) atoms. The molecule has 120 valence electrons. The van der Waals surface area contributed by atoms with Crippen LogP contribution in [0.4, 0.5) is 4.79 Å². The van der Waals surface area contributed by atoms with E-state index in [0.29, 0.717) is 12.1 Å². The van der Waals surface area contributed by atoms with Crippen molar-refractivity contribution in [3.05, 3.63) is 0 Å². The van der Waals surface area contributed by atoms with Crippen LogP contribution in [0.15, 0.2) is 0 Å². The lowest BCUT2D eigenvalue weighted by Gasteiger charge is -2.41. The summed E-state index contributed by atoms with van der Waals surface area (Å²) in [5.74, 6) is 0. The molecule has 3 heterocycles. The standard InChI is InChI=1S/C16H30N4O/c1-18(2)16(21)19-11-7-13(8-12-19)20-10-4-6-15(20)14-5-3-9-17-14/h13-15,17H,3-12H2,1-2H3. The summed E-state index contributed by atoms with van der Waals surface area (Å²) in [5.41, 5.74) is 0. The van der Waals surface area contributed by atoms with Crippen LogP contribution in [0.3, 0.4) is 0 Å². The molecular formula is C16H30N4O. The van der Waals surface area contributed by atoms with Gasteiger partial charge in [0.25, 0.3) is 0 Å². The Kier molecular flexibility index (Phi) is 4.69. The molecule has 0 bridgehead atoms. The molecule has 0 aromatic rings. The minimum atomic E-state index is 0.170. The molecular weight excluding hydrogens is 264 g/mol. The lowest BCUT2D eigenvalue weighted by atomic mass is 9.98. The van der Waals surface area contributed by atoms with E-state index in [1.54, 1.807) is 4.90 Å². The van der Waals surface area contributed by atoms with Crippen LogP contribution >= 0.6 is 0 Å². The van der Waals surface area contributed by atoms with E-state index in [0.717, 1.165) is 32.0 Å². The van der Waals surface area contributed by atoms with Crippen molar-refractivity contribution in [2.45, 2.75) is 56.7 Å². The predicted molar refractivity (Wildman–Crippen MR) is 84.4 cm³/mol. The maximum atomic E-state index is 12.0. The third-order valence-corrected chi connectivity index (χ3v) is 5.49. The van der Waals surface area contributed by atoms with Gasteiger partial charge >= 0.3 is 6.03 Å². The van der Waals surface area contributed by atoms with Gasteiger partial charge in [-0.2, -0.15) is 0 Å². The van der Waals surface area contributed by atoms with Gasteiger partial charge in [0, 0.05) is 45.3 Å². The number of carbonyl (C=O) groups excluding carboxylic acids is 1. The first-order valence-corrected chi connectivity index (χ1v) is 8.62. The molecule has 0 aliphatic carbocycles. The molecule has 0 saturated carbocycles. The summed E-state index contributed by atoms with van der Waals surface area (Å²) in [4.78, 5) is 18.5. The Labute approximate surface area is 128 Å². The second-order valence-electron chi connectivity index (χ2n) is 7.05. The van der Waals surface area contributed by atoms with E-state index in [1.165, 1.54) is 38.8 Å². The Bertz CT molecular complexity index is 359. The van der Waals surface area contributed by atoms with Crippen molar-refractivity contribution in [1.82, 2.24) is 20.0 Å². The molecule has 3 rings (SSSR count). The highest BCUT2D eigenvalue weighted by Crippen LogP contribution is 2.30. The Morgan fingerprint density at radius 1 is 1.05 bits per heavy atom.